The van der Waals surface area contributed by atoms with Crippen LogP contribution >= 0.6 is 0 Å². The zero-order valence-electron chi connectivity index (χ0n) is 12.2. The van der Waals surface area contributed by atoms with Crippen molar-refractivity contribution >= 4 is 0 Å². The maximum absolute atomic E-state index is 5.99. The lowest BCUT2D eigenvalue weighted by Crippen LogP contribution is -2.20. The third kappa shape index (κ3) is 3.71. The standard InChI is InChI=1S/C16H25NO2/c1-4-15(17-3)14-7-5-6-8-16(14)18-11-13-10-9-12(2)19-13/h5-8,12-13,15,17H,4,9-11H2,1-3H3. The largest absolute Gasteiger partial charge is 0.491 e. The SMILES string of the molecule is CCC(NC)c1ccccc1OCC1CCC(C)O1. The molecule has 0 aromatic heterocycles. The fourth-order valence-corrected chi connectivity index (χ4v) is 2.67. The van der Waals surface area contributed by atoms with Crippen LogP contribution in [0.15, 0.2) is 24.3 Å². The van der Waals surface area contributed by atoms with Gasteiger partial charge >= 0.3 is 0 Å². The van der Waals surface area contributed by atoms with E-state index in [9.17, 15) is 0 Å². The van der Waals surface area contributed by atoms with Crippen molar-refractivity contribution in [3.05, 3.63) is 29.8 Å². The molecule has 2 rings (SSSR count). The summed E-state index contributed by atoms with van der Waals surface area (Å²) >= 11 is 0. The van der Waals surface area contributed by atoms with Crippen LogP contribution in [0.2, 0.25) is 0 Å². The molecule has 1 saturated heterocycles. The summed E-state index contributed by atoms with van der Waals surface area (Å²) < 4.78 is 11.8. The van der Waals surface area contributed by atoms with Crippen LogP contribution in [0.1, 0.15) is 44.7 Å². The average molecular weight is 263 g/mol. The first-order valence-corrected chi connectivity index (χ1v) is 7.29. The maximum atomic E-state index is 5.99. The lowest BCUT2D eigenvalue weighted by atomic mass is 10.0. The number of hydrogen-bond donors (Lipinski definition) is 1. The molecular weight excluding hydrogens is 238 g/mol. The number of benzene rings is 1. The van der Waals surface area contributed by atoms with Crippen molar-refractivity contribution in [1.29, 1.82) is 0 Å². The van der Waals surface area contributed by atoms with Gasteiger partial charge in [0, 0.05) is 11.6 Å². The fourth-order valence-electron chi connectivity index (χ4n) is 2.67. The van der Waals surface area contributed by atoms with Crippen LogP contribution in [0.3, 0.4) is 0 Å². The van der Waals surface area contributed by atoms with Crippen LogP contribution < -0.4 is 10.1 Å². The lowest BCUT2D eigenvalue weighted by molar-refractivity contribution is 0.0261. The van der Waals surface area contributed by atoms with E-state index in [4.69, 9.17) is 9.47 Å². The fraction of sp³-hybridized carbons (Fsp3) is 0.625. The monoisotopic (exact) mass is 263 g/mol. The summed E-state index contributed by atoms with van der Waals surface area (Å²) in [4.78, 5) is 0. The molecule has 3 heteroatoms. The van der Waals surface area contributed by atoms with Gasteiger partial charge in [-0.05, 0) is 39.3 Å². The average Bonchev–Trinajstić information content (AvgIpc) is 2.85. The normalized spacial score (nSPS) is 24.4. The van der Waals surface area contributed by atoms with E-state index >= 15 is 0 Å². The number of ether oxygens (including phenoxy) is 2. The van der Waals surface area contributed by atoms with Gasteiger partial charge in [0.15, 0.2) is 0 Å². The van der Waals surface area contributed by atoms with Crippen molar-refractivity contribution in [1.82, 2.24) is 5.32 Å². The van der Waals surface area contributed by atoms with Gasteiger partial charge < -0.3 is 14.8 Å². The van der Waals surface area contributed by atoms with Gasteiger partial charge in [-0.25, -0.2) is 0 Å². The molecule has 1 N–H and O–H groups in total. The predicted octanol–water partition coefficient (Wildman–Crippen LogP) is 3.30. The molecule has 0 bridgehead atoms. The number of rotatable bonds is 6. The summed E-state index contributed by atoms with van der Waals surface area (Å²) in [5.74, 6) is 0.979. The first kappa shape index (κ1) is 14.4. The first-order valence-electron chi connectivity index (χ1n) is 7.29. The van der Waals surface area contributed by atoms with Crippen molar-refractivity contribution in [2.24, 2.45) is 0 Å². The van der Waals surface area contributed by atoms with E-state index in [0.29, 0.717) is 18.8 Å². The Morgan fingerprint density at radius 2 is 2.16 bits per heavy atom. The molecular formula is C16H25NO2. The van der Waals surface area contributed by atoms with Gasteiger partial charge in [-0.1, -0.05) is 25.1 Å². The number of hydrogen-bond acceptors (Lipinski definition) is 3. The van der Waals surface area contributed by atoms with E-state index < -0.39 is 0 Å². The van der Waals surface area contributed by atoms with Crippen molar-refractivity contribution in [2.75, 3.05) is 13.7 Å². The highest BCUT2D eigenvalue weighted by Gasteiger charge is 2.22. The summed E-state index contributed by atoms with van der Waals surface area (Å²) in [6.45, 7) is 4.96. The van der Waals surface area contributed by atoms with E-state index in [1.165, 1.54) is 5.56 Å². The lowest BCUT2D eigenvalue weighted by Gasteiger charge is -2.20. The Labute approximate surface area is 116 Å². The molecule has 3 unspecified atom stereocenters. The Balaban J connectivity index is 1.99. The molecule has 1 aromatic rings. The Morgan fingerprint density at radius 3 is 2.79 bits per heavy atom. The summed E-state index contributed by atoms with van der Waals surface area (Å²) in [5, 5.41) is 3.33. The molecule has 0 radical (unpaired) electrons. The molecule has 0 amide bonds. The van der Waals surface area contributed by atoms with Gasteiger partial charge in [0.25, 0.3) is 0 Å². The number of nitrogens with one attached hydrogen (secondary N) is 1. The molecule has 0 spiro atoms. The molecule has 1 aliphatic heterocycles. The molecule has 19 heavy (non-hydrogen) atoms. The van der Waals surface area contributed by atoms with E-state index in [0.717, 1.165) is 25.0 Å². The van der Waals surface area contributed by atoms with Crippen LogP contribution in [-0.2, 0) is 4.74 Å². The van der Waals surface area contributed by atoms with E-state index in [2.05, 4.69) is 31.3 Å². The smallest absolute Gasteiger partial charge is 0.124 e. The van der Waals surface area contributed by atoms with E-state index in [1.54, 1.807) is 0 Å². The first-order chi connectivity index (χ1) is 9.24. The maximum Gasteiger partial charge on any atom is 0.124 e. The van der Waals surface area contributed by atoms with Crippen LogP contribution in [0.5, 0.6) is 5.75 Å². The summed E-state index contributed by atoms with van der Waals surface area (Å²) in [6, 6.07) is 8.63. The second-order valence-corrected chi connectivity index (χ2v) is 5.24. The molecule has 106 valence electrons. The summed E-state index contributed by atoms with van der Waals surface area (Å²) in [6.07, 6.45) is 3.92. The Kier molecular flexibility index (Phi) is 5.23. The highest BCUT2D eigenvalue weighted by atomic mass is 16.5. The van der Waals surface area contributed by atoms with E-state index in [-0.39, 0.29) is 6.10 Å². The molecule has 1 aliphatic rings. The molecule has 0 saturated carbocycles. The minimum atomic E-state index is 0.248. The Bertz CT molecular complexity index is 390. The minimum absolute atomic E-state index is 0.248. The third-order valence-electron chi connectivity index (χ3n) is 3.80. The zero-order chi connectivity index (χ0) is 13.7. The van der Waals surface area contributed by atoms with Gasteiger partial charge in [0.2, 0.25) is 0 Å². The van der Waals surface area contributed by atoms with E-state index in [1.807, 2.05) is 19.2 Å². The molecule has 3 nitrogen and oxygen atoms in total. The highest BCUT2D eigenvalue weighted by Crippen LogP contribution is 2.28. The topological polar surface area (TPSA) is 30.5 Å². The highest BCUT2D eigenvalue weighted by molar-refractivity contribution is 5.35. The van der Waals surface area contributed by atoms with Gasteiger partial charge in [0.1, 0.15) is 12.4 Å². The van der Waals surface area contributed by atoms with Gasteiger partial charge in [-0.2, -0.15) is 0 Å². The predicted molar refractivity (Wildman–Crippen MR) is 77.6 cm³/mol. The van der Waals surface area contributed by atoms with Crippen LogP contribution in [0.25, 0.3) is 0 Å². The molecule has 1 heterocycles. The number of para-hydroxylation sites is 1. The van der Waals surface area contributed by atoms with Crippen molar-refractivity contribution < 1.29 is 9.47 Å². The second kappa shape index (κ2) is 6.92. The Hall–Kier alpha value is -1.06. The summed E-state index contributed by atoms with van der Waals surface area (Å²) in [5.41, 5.74) is 1.23. The third-order valence-corrected chi connectivity index (χ3v) is 3.80. The Morgan fingerprint density at radius 1 is 1.37 bits per heavy atom. The molecule has 0 aliphatic carbocycles. The van der Waals surface area contributed by atoms with Crippen LogP contribution in [0, 0.1) is 0 Å². The quantitative estimate of drug-likeness (QED) is 0.854. The summed E-state index contributed by atoms with van der Waals surface area (Å²) in [7, 11) is 1.99. The molecule has 1 fully saturated rings. The van der Waals surface area contributed by atoms with Gasteiger partial charge in [0.05, 0.1) is 12.2 Å². The molecule has 1 aromatic carbocycles. The van der Waals surface area contributed by atoms with Gasteiger partial charge in [-0.15, -0.1) is 0 Å². The van der Waals surface area contributed by atoms with Crippen LogP contribution in [0.4, 0.5) is 0 Å². The minimum Gasteiger partial charge on any atom is -0.491 e. The van der Waals surface area contributed by atoms with Gasteiger partial charge in [-0.3, -0.25) is 0 Å². The van der Waals surface area contributed by atoms with Crippen molar-refractivity contribution in [3.8, 4) is 5.75 Å². The zero-order valence-corrected chi connectivity index (χ0v) is 12.2. The van der Waals surface area contributed by atoms with Crippen LogP contribution in [-0.4, -0.2) is 25.9 Å². The second-order valence-electron chi connectivity index (χ2n) is 5.24. The van der Waals surface area contributed by atoms with Crippen molar-refractivity contribution in [2.45, 2.75) is 51.4 Å². The molecule has 3 atom stereocenters. The van der Waals surface area contributed by atoms with Crippen molar-refractivity contribution in [3.63, 3.8) is 0 Å².